The highest BCUT2D eigenvalue weighted by Gasteiger charge is 2.23. The molecule has 0 unspecified atom stereocenters. The highest BCUT2D eigenvalue weighted by molar-refractivity contribution is 5.87. The van der Waals surface area contributed by atoms with Gasteiger partial charge in [0.05, 0.1) is 6.42 Å². The van der Waals surface area contributed by atoms with Crippen LogP contribution in [0.25, 0.3) is 0 Å². The van der Waals surface area contributed by atoms with Gasteiger partial charge in [-0.3, -0.25) is 4.79 Å². The number of urea groups is 1. The number of carbonyl (C=O) groups is 3. The van der Waals surface area contributed by atoms with E-state index in [4.69, 9.17) is 10.8 Å². The molecule has 8 heteroatoms. The summed E-state index contributed by atoms with van der Waals surface area (Å²) < 4.78 is 0. The van der Waals surface area contributed by atoms with E-state index in [1.54, 1.807) is 7.05 Å². The summed E-state index contributed by atoms with van der Waals surface area (Å²) >= 11 is 0. The molecule has 0 aliphatic carbocycles. The summed E-state index contributed by atoms with van der Waals surface area (Å²) in [6.07, 6.45) is -0.430. The minimum Gasteiger partial charge on any atom is -0.480 e. The van der Waals surface area contributed by atoms with Crippen LogP contribution in [0.2, 0.25) is 0 Å². The third kappa shape index (κ3) is 6.36. The summed E-state index contributed by atoms with van der Waals surface area (Å²) in [5.74, 6) is -2.07. The zero-order valence-corrected chi connectivity index (χ0v) is 9.90. The summed E-state index contributed by atoms with van der Waals surface area (Å²) in [6, 6.07) is -1.86. The molecule has 0 bridgehead atoms. The fourth-order valence-corrected chi connectivity index (χ4v) is 1.04. The number of nitrogens with one attached hydrogen (secondary N) is 2. The van der Waals surface area contributed by atoms with Crippen molar-refractivity contribution >= 4 is 17.9 Å². The summed E-state index contributed by atoms with van der Waals surface area (Å²) in [4.78, 5) is 34.2. The SMILES string of the molecule is CNCCN(C)C(=O)N[C@H](CC(N)=O)C(=O)O. The maximum atomic E-state index is 11.5. The number of aliphatic carboxylic acids is 1. The van der Waals surface area contributed by atoms with Gasteiger partial charge in [0.15, 0.2) is 0 Å². The Kier molecular flexibility index (Phi) is 6.64. The Balaban J connectivity index is 4.29. The van der Waals surface area contributed by atoms with Gasteiger partial charge in [0.2, 0.25) is 5.91 Å². The predicted octanol–water partition coefficient (Wildman–Crippen LogP) is -1.82. The zero-order chi connectivity index (χ0) is 13.4. The van der Waals surface area contributed by atoms with Crippen LogP contribution < -0.4 is 16.4 Å². The van der Waals surface area contributed by atoms with Gasteiger partial charge in [-0.15, -0.1) is 0 Å². The minimum atomic E-state index is -1.29. The van der Waals surface area contributed by atoms with Crippen molar-refractivity contribution in [3.8, 4) is 0 Å². The average molecular weight is 246 g/mol. The normalized spacial score (nSPS) is 11.6. The van der Waals surface area contributed by atoms with Gasteiger partial charge in [-0.05, 0) is 7.05 Å². The Bertz CT molecular complexity index is 295. The monoisotopic (exact) mass is 246 g/mol. The fourth-order valence-electron chi connectivity index (χ4n) is 1.04. The van der Waals surface area contributed by atoms with Gasteiger partial charge >= 0.3 is 12.0 Å². The van der Waals surface area contributed by atoms with Crippen LogP contribution in [0.3, 0.4) is 0 Å². The summed E-state index contributed by atoms with van der Waals surface area (Å²) in [7, 11) is 3.26. The van der Waals surface area contributed by atoms with Gasteiger partial charge in [-0.1, -0.05) is 0 Å². The van der Waals surface area contributed by atoms with Crippen molar-refractivity contribution in [1.29, 1.82) is 0 Å². The van der Waals surface area contributed by atoms with E-state index < -0.39 is 30.4 Å². The first-order valence-electron chi connectivity index (χ1n) is 5.05. The molecule has 0 spiro atoms. The van der Waals surface area contributed by atoms with Gasteiger partial charge in [0.25, 0.3) is 0 Å². The lowest BCUT2D eigenvalue weighted by molar-refractivity contribution is -0.140. The number of carboxylic acids is 1. The van der Waals surface area contributed by atoms with Crippen molar-refractivity contribution in [3.63, 3.8) is 0 Å². The first kappa shape index (κ1) is 15.2. The molecule has 0 fully saturated rings. The van der Waals surface area contributed by atoms with E-state index in [-0.39, 0.29) is 0 Å². The van der Waals surface area contributed by atoms with Crippen LogP contribution in [-0.2, 0) is 9.59 Å². The molecule has 8 nitrogen and oxygen atoms in total. The molecule has 1 atom stereocenters. The number of hydrogen-bond acceptors (Lipinski definition) is 4. The van der Waals surface area contributed by atoms with Gasteiger partial charge in [0, 0.05) is 20.1 Å². The summed E-state index contributed by atoms with van der Waals surface area (Å²) in [6.45, 7) is 1.00. The number of nitrogens with zero attached hydrogens (tertiary/aromatic N) is 1. The third-order valence-corrected chi connectivity index (χ3v) is 2.05. The summed E-state index contributed by atoms with van der Waals surface area (Å²) in [5, 5.41) is 13.8. The lowest BCUT2D eigenvalue weighted by Crippen LogP contribution is -2.49. The molecule has 0 heterocycles. The van der Waals surface area contributed by atoms with Crippen molar-refractivity contribution in [1.82, 2.24) is 15.5 Å². The Morgan fingerprint density at radius 3 is 2.41 bits per heavy atom. The van der Waals surface area contributed by atoms with Crippen LogP contribution in [0.1, 0.15) is 6.42 Å². The minimum absolute atomic E-state index is 0.422. The number of nitrogens with two attached hydrogens (primary N) is 1. The quantitative estimate of drug-likeness (QED) is 0.421. The predicted molar refractivity (Wildman–Crippen MR) is 60.3 cm³/mol. The van der Waals surface area contributed by atoms with E-state index in [0.717, 1.165) is 0 Å². The second-order valence-corrected chi connectivity index (χ2v) is 3.54. The number of likely N-dealkylation sites (N-methyl/N-ethyl adjacent to an activating group) is 2. The third-order valence-electron chi connectivity index (χ3n) is 2.05. The van der Waals surface area contributed by atoms with Crippen molar-refractivity contribution in [2.24, 2.45) is 5.73 Å². The second-order valence-electron chi connectivity index (χ2n) is 3.54. The van der Waals surface area contributed by atoms with E-state index >= 15 is 0 Å². The van der Waals surface area contributed by atoms with Crippen LogP contribution in [0.4, 0.5) is 4.79 Å². The van der Waals surface area contributed by atoms with Crippen molar-refractivity contribution in [3.05, 3.63) is 0 Å². The van der Waals surface area contributed by atoms with Gasteiger partial charge in [-0.25, -0.2) is 9.59 Å². The number of primary amides is 1. The average Bonchev–Trinajstić information content (AvgIpc) is 2.23. The molecule has 0 saturated heterocycles. The zero-order valence-electron chi connectivity index (χ0n) is 9.90. The number of carboxylic acid groups (broad SMARTS) is 1. The molecule has 0 aromatic carbocycles. The molecule has 0 aromatic rings. The van der Waals surface area contributed by atoms with Gasteiger partial charge < -0.3 is 26.4 Å². The van der Waals surface area contributed by atoms with Crippen LogP contribution >= 0.6 is 0 Å². The number of hydrogen-bond donors (Lipinski definition) is 4. The Morgan fingerprint density at radius 2 is 2.00 bits per heavy atom. The Hall–Kier alpha value is -1.83. The van der Waals surface area contributed by atoms with Gasteiger partial charge in [0.1, 0.15) is 6.04 Å². The van der Waals surface area contributed by atoms with E-state index in [0.29, 0.717) is 13.1 Å². The van der Waals surface area contributed by atoms with Crippen molar-refractivity contribution in [2.75, 3.05) is 27.2 Å². The van der Waals surface area contributed by atoms with E-state index in [9.17, 15) is 14.4 Å². The molecular weight excluding hydrogens is 228 g/mol. The van der Waals surface area contributed by atoms with Crippen LogP contribution in [-0.4, -0.2) is 61.1 Å². The molecule has 0 aromatic heterocycles. The van der Waals surface area contributed by atoms with Gasteiger partial charge in [-0.2, -0.15) is 0 Å². The van der Waals surface area contributed by atoms with Crippen molar-refractivity contribution in [2.45, 2.75) is 12.5 Å². The van der Waals surface area contributed by atoms with Crippen LogP contribution in [0.5, 0.6) is 0 Å². The topological polar surface area (TPSA) is 125 Å². The Morgan fingerprint density at radius 1 is 1.41 bits per heavy atom. The van der Waals surface area contributed by atoms with Crippen molar-refractivity contribution < 1.29 is 19.5 Å². The molecular formula is C9H18N4O4. The molecule has 0 radical (unpaired) electrons. The highest BCUT2D eigenvalue weighted by atomic mass is 16.4. The molecule has 0 aliphatic rings. The summed E-state index contributed by atoms with van der Waals surface area (Å²) in [5.41, 5.74) is 4.89. The molecule has 0 saturated carbocycles. The largest absolute Gasteiger partial charge is 0.480 e. The second kappa shape index (κ2) is 7.44. The standard InChI is InChI=1S/C9H18N4O4/c1-11-3-4-13(2)9(17)12-6(8(15)16)5-7(10)14/h6,11H,3-5H2,1-2H3,(H2,10,14)(H,12,17)(H,15,16)/t6-/m1/s1. The maximum Gasteiger partial charge on any atom is 0.326 e. The molecule has 98 valence electrons. The first-order chi connectivity index (χ1) is 7.88. The number of carbonyl (C=O) groups excluding carboxylic acids is 2. The van der Waals surface area contributed by atoms with Crippen LogP contribution in [0, 0.1) is 0 Å². The number of amides is 3. The smallest absolute Gasteiger partial charge is 0.326 e. The molecule has 3 amide bonds. The van der Waals surface area contributed by atoms with E-state index in [1.165, 1.54) is 11.9 Å². The lowest BCUT2D eigenvalue weighted by Gasteiger charge is -2.20. The van der Waals surface area contributed by atoms with E-state index in [1.807, 2.05) is 0 Å². The molecule has 17 heavy (non-hydrogen) atoms. The fraction of sp³-hybridized carbons (Fsp3) is 0.667. The highest BCUT2D eigenvalue weighted by Crippen LogP contribution is 1.94. The lowest BCUT2D eigenvalue weighted by atomic mass is 10.2. The first-order valence-corrected chi connectivity index (χ1v) is 5.05. The van der Waals surface area contributed by atoms with E-state index in [2.05, 4.69) is 10.6 Å². The number of rotatable bonds is 7. The molecule has 5 N–H and O–H groups in total. The van der Waals surface area contributed by atoms with Crippen LogP contribution in [0.15, 0.2) is 0 Å². The molecule has 0 rings (SSSR count). The molecule has 0 aliphatic heterocycles. The Labute approximate surface area is 99.1 Å². The maximum absolute atomic E-state index is 11.5.